The molecule has 1 saturated carbocycles. The van der Waals surface area contributed by atoms with Crippen LogP contribution in [0.2, 0.25) is 0 Å². The summed E-state index contributed by atoms with van der Waals surface area (Å²) in [6, 6.07) is 10.4. The fraction of sp³-hybridized carbons (Fsp3) is 0.320. The lowest BCUT2D eigenvalue weighted by atomic mass is 9.85. The van der Waals surface area contributed by atoms with Crippen LogP contribution in [0.15, 0.2) is 60.7 Å². The molecule has 2 aromatic carbocycles. The predicted octanol–water partition coefficient (Wildman–Crippen LogP) is 4.13. The number of carbonyl (C=O) groups is 3. The van der Waals surface area contributed by atoms with E-state index in [0.29, 0.717) is 5.75 Å². The third-order valence-electron chi connectivity index (χ3n) is 6.89. The molecule has 34 heavy (non-hydrogen) atoms. The van der Waals surface area contributed by atoms with E-state index < -0.39 is 36.2 Å². The van der Waals surface area contributed by atoms with Gasteiger partial charge in [-0.15, -0.1) is 0 Å². The van der Waals surface area contributed by atoms with Crippen molar-refractivity contribution in [3.63, 3.8) is 0 Å². The molecule has 2 aromatic rings. The Bertz CT molecular complexity index is 1180. The highest BCUT2D eigenvalue weighted by atomic mass is 19.4. The molecule has 3 aliphatic rings. The number of rotatable bonds is 5. The first-order valence-electron chi connectivity index (χ1n) is 10.9. The fourth-order valence-corrected chi connectivity index (χ4v) is 5.27. The summed E-state index contributed by atoms with van der Waals surface area (Å²) in [6.45, 7) is -0.471. The van der Waals surface area contributed by atoms with Crippen molar-refractivity contribution in [3.8, 4) is 5.75 Å². The lowest BCUT2D eigenvalue weighted by Gasteiger charge is -2.28. The van der Waals surface area contributed by atoms with E-state index in [-0.39, 0.29) is 34.9 Å². The molecule has 1 saturated heterocycles. The number of imide groups is 1. The SMILES string of the molecule is COc1cccc(C(=O)N(CN2C(=O)[C@@H]3[C@@H](C2=O)[C@H]2C=C[C@@H]3C2)c2cccc(C(F)(F)F)c2)c1. The van der Waals surface area contributed by atoms with Crippen molar-refractivity contribution in [2.45, 2.75) is 12.6 Å². The molecule has 3 amide bonds. The van der Waals surface area contributed by atoms with Gasteiger partial charge >= 0.3 is 6.18 Å². The van der Waals surface area contributed by atoms with E-state index >= 15 is 0 Å². The normalized spacial score (nSPS) is 25.1. The van der Waals surface area contributed by atoms with Gasteiger partial charge in [-0.3, -0.25) is 24.2 Å². The van der Waals surface area contributed by atoms with E-state index in [0.717, 1.165) is 28.4 Å². The Morgan fingerprint density at radius 1 is 1.03 bits per heavy atom. The summed E-state index contributed by atoms with van der Waals surface area (Å²) in [6.07, 6.45) is 0.0293. The number of methoxy groups -OCH3 is 1. The van der Waals surface area contributed by atoms with Gasteiger partial charge in [0.05, 0.1) is 24.5 Å². The van der Waals surface area contributed by atoms with Crippen LogP contribution in [0, 0.1) is 23.7 Å². The van der Waals surface area contributed by atoms with E-state index in [1.807, 2.05) is 12.2 Å². The summed E-state index contributed by atoms with van der Waals surface area (Å²) in [7, 11) is 1.43. The summed E-state index contributed by atoms with van der Waals surface area (Å²) in [5, 5.41) is 0. The van der Waals surface area contributed by atoms with Crippen molar-refractivity contribution in [2.24, 2.45) is 23.7 Å². The lowest BCUT2D eigenvalue weighted by Crippen LogP contribution is -2.45. The number of amides is 3. The zero-order chi connectivity index (χ0) is 24.2. The number of allylic oxidation sites excluding steroid dienone is 2. The number of benzene rings is 2. The Morgan fingerprint density at radius 3 is 2.29 bits per heavy atom. The number of carbonyl (C=O) groups excluding carboxylic acids is 3. The van der Waals surface area contributed by atoms with Crippen molar-refractivity contribution in [1.29, 1.82) is 0 Å². The first-order chi connectivity index (χ1) is 16.2. The van der Waals surface area contributed by atoms with Crippen LogP contribution in [0.25, 0.3) is 0 Å². The molecule has 2 fully saturated rings. The van der Waals surface area contributed by atoms with E-state index in [9.17, 15) is 27.6 Å². The van der Waals surface area contributed by atoms with Gasteiger partial charge in [0, 0.05) is 11.3 Å². The minimum Gasteiger partial charge on any atom is -0.497 e. The van der Waals surface area contributed by atoms with Crippen molar-refractivity contribution in [1.82, 2.24) is 4.90 Å². The first-order valence-corrected chi connectivity index (χ1v) is 10.9. The molecule has 4 atom stereocenters. The van der Waals surface area contributed by atoms with Gasteiger partial charge < -0.3 is 4.74 Å². The number of nitrogens with zero attached hydrogens (tertiary/aromatic N) is 2. The molecule has 2 aliphatic carbocycles. The highest BCUT2D eigenvalue weighted by Crippen LogP contribution is 2.52. The largest absolute Gasteiger partial charge is 0.497 e. The minimum absolute atomic E-state index is 0.0208. The van der Waals surface area contributed by atoms with Gasteiger partial charge in [0.2, 0.25) is 11.8 Å². The van der Waals surface area contributed by atoms with Crippen LogP contribution in [-0.4, -0.2) is 36.4 Å². The van der Waals surface area contributed by atoms with E-state index in [4.69, 9.17) is 4.74 Å². The summed E-state index contributed by atoms with van der Waals surface area (Å²) in [5.41, 5.74) is -0.856. The molecular formula is C25H21F3N2O4. The molecular weight excluding hydrogens is 449 g/mol. The molecule has 6 nitrogen and oxygen atoms in total. The Kier molecular flexibility index (Phi) is 5.22. The Hall–Kier alpha value is -3.62. The summed E-state index contributed by atoms with van der Waals surface area (Å²) >= 11 is 0. The number of fused-ring (bicyclic) bond motifs is 5. The summed E-state index contributed by atoms with van der Waals surface area (Å²) in [4.78, 5) is 41.9. The van der Waals surface area contributed by atoms with Crippen molar-refractivity contribution in [3.05, 3.63) is 71.8 Å². The molecule has 5 rings (SSSR count). The zero-order valence-corrected chi connectivity index (χ0v) is 18.2. The van der Waals surface area contributed by atoms with Crippen LogP contribution >= 0.6 is 0 Å². The predicted molar refractivity (Wildman–Crippen MR) is 116 cm³/mol. The maximum absolute atomic E-state index is 13.5. The Labute approximate surface area is 193 Å². The van der Waals surface area contributed by atoms with Crippen LogP contribution < -0.4 is 9.64 Å². The van der Waals surface area contributed by atoms with Crippen molar-refractivity contribution >= 4 is 23.4 Å². The Balaban J connectivity index is 1.52. The van der Waals surface area contributed by atoms with Gasteiger partial charge in [-0.1, -0.05) is 24.3 Å². The summed E-state index contributed by atoms with van der Waals surface area (Å²) in [5.74, 6) is -2.03. The quantitative estimate of drug-likeness (QED) is 0.487. The summed E-state index contributed by atoms with van der Waals surface area (Å²) < 4.78 is 45.3. The van der Waals surface area contributed by atoms with Crippen LogP contribution in [0.1, 0.15) is 22.3 Å². The second-order valence-corrected chi connectivity index (χ2v) is 8.76. The fourth-order valence-electron chi connectivity index (χ4n) is 5.27. The molecule has 176 valence electrons. The van der Waals surface area contributed by atoms with Gasteiger partial charge in [0.1, 0.15) is 12.4 Å². The van der Waals surface area contributed by atoms with Crippen LogP contribution in [0.4, 0.5) is 18.9 Å². The van der Waals surface area contributed by atoms with Gasteiger partial charge in [-0.25, -0.2) is 0 Å². The molecule has 0 aromatic heterocycles. The van der Waals surface area contributed by atoms with E-state index in [1.54, 1.807) is 12.1 Å². The molecule has 0 spiro atoms. The minimum atomic E-state index is -4.62. The average Bonchev–Trinajstić information content (AvgIpc) is 3.51. The van der Waals surface area contributed by atoms with Crippen molar-refractivity contribution < 1.29 is 32.3 Å². The standard InChI is InChI=1S/C25H21F3N2O4/c1-34-19-7-2-4-16(11-19)22(31)29(18-6-3-5-17(12-18)25(26,27)28)13-30-23(32)20-14-8-9-15(10-14)21(20)24(30)33/h2-9,11-12,14-15,20-21H,10,13H2,1H3/t14-,15+,20-,21-/m0/s1. The molecule has 0 N–H and O–H groups in total. The molecule has 0 radical (unpaired) electrons. The highest BCUT2D eigenvalue weighted by Gasteiger charge is 2.59. The molecule has 0 unspecified atom stereocenters. The number of likely N-dealkylation sites (tertiary alicyclic amines) is 1. The number of anilines is 1. The first kappa shape index (κ1) is 22.2. The zero-order valence-electron chi connectivity index (χ0n) is 18.2. The number of ether oxygens (including phenoxy) is 1. The topological polar surface area (TPSA) is 66.9 Å². The smallest absolute Gasteiger partial charge is 0.416 e. The average molecular weight is 470 g/mol. The monoisotopic (exact) mass is 470 g/mol. The van der Waals surface area contributed by atoms with Gasteiger partial charge in [0.15, 0.2) is 0 Å². The molecule has 1 aliphatic heterocycles. The van der Waals surface area contributed by atoms with Crippen LogP contribution in [0.5, 0.6) is 5.75 Å². The lowest BCUT2D eigenvalue weighted by molar-refractivity contribution is -0.141. The molecule has 1 heterocycles. The number of hydrogen-bond donors (Lipinski definition) is 0. The van der Waals surface area contributed by atoms with Gasteiger partial charge in [-0.2, -0.15) is 13.2 Å². The number of halogens is 3. The molecule has 9 heteroatoms. The van der Waals surface area contributed by atoms with E-state index in [1.165, 1.54) is 31.4 Å². The second-order valence-electron chi connectivity index (χ2n) is 8.76. The van der Waals surface area contributed by atoms with Gasteiger partial charge in [-0.05, 0) is 54.7 Å². The highest BCUT2D eigenvalue weighted by molar-refractivity contribution is 6.10. The van der Waals surface area contributed by atoms with Crippen LogP contribution in [-0.2, 0) is 15.8 Å². The Morgan fingerprint density at radius 2 is 1.68 bits per heavy atom. The van der Waals surface area contributed by atoms with Crippen molar-refractivity contribution in [2.75, 3.05) is 18.7 Å². The second kappa shape index (κ2) is 8.00. The third kappa shape index (κ3) is 3.55. The van der Waals surface area contributed by atoms with Gasteiger partial charge in [0.25, 0.3) is 5.91 Å². The maximum Gasteiger partial charge on any atom is 0.416 e. The van der Waals surface area contributed by atoms with E-state index in [2.05, 4.69) is 0 Å². The maximum atomic E-state index is 13.5. The number of alkyl halides is 3. The molecule has 2 bridgehead atoms. The number of hydrogen-bond acceptors (Lipinski definition) is 4. The van der Waals surface area contributed by atoms with Crippen LogP contribution in [0.3, 0.4) is 0 Å². The third-order valence-corrected chi connectivity index (χ3v) is 6.89.